The number of nitrogens with one attached hydrogen (secondary N) is 1. The van der Waals surface area contributed by atoms with E-state index in [2.05, 4.69) is 40.5 Å². The third kappa shape index (κ3) is 3.75. The predicted molar refractivity (Wildman–Crippen MR) is 137 cm³/mol. The average molecular weight is 468 g/mol. The summed E-state index contributed by atoms with van der Waals surface area (Å²) in [6.45, 7) is 0. The number of para-hydroxylation sites is 4. The molecule has 0 fully saturated rings. The molecular formula is C26H17N3O2S2. The number of fused-ring (bicyclic) bond motifs is 2. The molecule has 0 aliphatic rings. The maximum absolute atomic E-state index is 5.87. The lowest BCUT2D eigenvalue weighted by molar-refractivity contribution is 0.619. The highest BCUT2D eigenvalue weighted by atomic mass is 32.1. The SMILES string of the molecule is Sc1cc(-c2nc3ccccc3o2)ccc1Nc1ccc(-c2nc3ccccc3o2)cc1S. The van der Waals surface area contributed by atoms with E-state index < -0.39 is 0 Å². The van der Waals surface area contributed by atoms with Gasteiger partial charge in [0.05, 0.1) is 11.4 Å². The number of oxazole rings is 2. The largest absolute Gasteiger partial charge is 0.436 e. The molecule has 4 aromatic carbocycles. The van der Waals surface area contributed by atoms with Crippen LogP contribution < -0.4 is 5.32 Å². The fourth-order valence-electron chi connectivity index (χ4n) is 3.68. The molecule has 0 spiro atoms. The van der Waals surface area contributed by atoms with E-state index >= 15 is 0 Å². The Hall–Kier alpha value is -3.68. The first-order valence-electron chi connectivity index (χ1n) is 10.3. The first-order valence-corrected chi connectivity index (χ1v) is 11.2. The van der Waals surface area contributed by atoms with E-state index in [4.69, 9.17) is 8.83 Å². The highest BCUT2D eigenvalue weighted by Gasteiger charge is 2.12. The third-order valence-electron chi connectivity index (χ3n) is 5.35. The molecule has 6 rings (SSSR count). The van der Waals surface area contributed by atoms with E-state index in [1.165, 1.54) is 0 Å². The molecule has 0 radical (unpaired) electrons. The first kappa shape index (κ1) is 20.0. The van der Waals surface area contributed by atoms with Crippen LogP contribution in [-0.4, -0.2) is 9.97 Å². The minimum Gasteiger partial charge on any atom is -0.436 e. The zero-order valence-electron chi connectivity index (χ0n) is 17.2. The van der Waals surface area contributed by atoms with Crippen LogP contribution in [0, 0.1) is 0 Å². The minimum absolute atomic E-state index is 0.565. The second kappa shape index (κ2) is 8.03. The lowest BCUT2D eigenvalue weighted by Crippen LogP contribution is -1.94. The maximum Gasteiger partial charge on any atom is 0.227 e. The van der Waals surface area contributed by atoms with Gasteiger partial charge in [0.1, 0.15) is 11.0 Å². The third-order valence-corrected chi connectivity index (χ3v) is 6.09. The number of hydrogen-bond acceptors (Lipinski definition) is 7. The molecule has 7 heteroatoms. The van der Waals surface area contributed by atoms with E-state index in [0.29, 0.717) is 11.8 Å². The van der Waals surface area contributed by atoms with E-state index in [0.717, 1.165) is 54.5 Å². The standard InChI is InChI=1S/C26H17N3O2S2/c32-23-13-15(25-28-17-5-1-3-7-21(17)30-25)9-11-19(23)27-20-12-10-16(14-24(20)33)26-29-18-6-2-4-8-22(18)31-26/h1-14,27,32-33H. The highest BCUT2D eigenvalue weighted by Crippen LogP contribution is 2.34. The molecule has 0 bridgehead atoms. The van der Waals surface area contributed by atoms with Crippen LogP contribution >= 0.6 is 25.3 Å². The lowest BCUT2D eigenvalue weighted by Gasteiger charge is -2.12. The molecule has 1 N–H and O–H groups in total. The van der Waals surface area contributed by atoms with E-state index in [1.807, 2.05) is 84.9 Å². The van der Waals surface area contributed by atoms with Gasteiger partial charge < -0.3 is 14.2 Å². The Kier molecular flexibility index (Phi) is 4.86. The van der Waals surface area contributed by atoms with Crippen molar-refractivity contribution >= 4 is 58.8 Å². The van der Waals surface area contributed by atoms with Crippen molar-refractivity contribution in [1.82, 2.24) is 9.97 Å². The molecule has 0 aliphatic heterocycles. The van der Waals surface area contributed by atoms with Gasteiger partial charge in [-0.1, -0.05) is 24.3 Å². The molecular weight excluding hydrogens is 450 g/mol. The monoisotopic (exact) mass is 467 g/mol. The van der Waals surface area contributed by atoms with Gasteiger partial charge in [0.15, 0.2) is 11.2 Å². The van der Waals surface area contributed by atoms with Crippen LogP contribution in [0.3, 0.4) is 0 Å². The number of aromatic nitrogens is 2. The number of anilines is 2. The van der Waals surface area contributed by atoms with Gasteiger partial charge in [-0.15, -0.1) is 25.3 Å². The van der Waals surface area contributed by atoms with Gasteiger partial charge in [0.25, 0.3) is 0 Å². The van der Waals surface area contributed by atoms with Crippen LogP contribution in [0.25, 0.3) is 45.1 Å². The highest BCUT2D eigenvalue weighted by molar-refractivity contribution is 7.80. The van der Waals surface area contributed by atoms with Gasteiger partial charge in [-0.05, 0) is 60.7 Å². The Balaban J connectivity index is 1.27. The Morgan fingerprint density at radius 1 is 0.576 bits per heavy atom. The van der Waals surface area contributed by atoms with Crippen LogP contribution in [0.2, 0.25) is 0 Å². The maximum atomic E-state index is 5.87. The van der Waals surface area contributed by atoms with Gasteiger partial charge in [-0.3, -0.25) is 0 Å². The van der Waals surface area contributed by atoms with Gasteiger partial charge in [0, 0.05) is 20.9 Å². The van der Waals surface area contributed by atoms with Crippen molar-refractivity contribution in [2.45, 2.75) is 9.79 Å². The molecule has 160 valence electrons. The molecule has 0 atom stereocenters. The summed E-state index contributed by atoms with van der Waals surface area (Å²) in [6.07, 6.45) is 0. The van der Waals surface area contributed by atoms with Crippen molar-refractivity contribution in [2.24, 2.45) is 0 Å². The van der Waals surface area contributed by atoms with Crippen molar-refractivity contribution in [3.63, 3.8) is 0 Å². The molecule has 5 nitrogen and oxygen atoms in total. The van der Waals surface area contributed by atoms with Crippen LogP contribution in [0.1, 0.15) is 0 Å². The van der Waals surface area contributed by atoms with Crippen molar-refractivity contribution in [2.75, 3.05) is 5.32 Å². The van der Waals surface area contributed by atoms with Gasteiger partial charge in [-0.25, -0.2) is 9.97 Å². The summed E-state index contributed by atoms with van der Waals surface area (Å²) in [7, 11) is 0. The van der Waals surface area contributed by atoms with Crippen LogP contribution in [0.5, 0.6) is 0 Å². The molecule has 6 aromatic rings. The summed E-state index contributed by atoms with van der Waals surface area (Å²) in [6, 6.07) is 27.1. The normalized spacial score (nSPS) is 11.3. The van der Waals surface area contributed by atoms with Crippen molar-refractivity contribution in [3.8, 4) is 22.9 Å². The Morgan fingerprint density at radius 3 is 1.45 bits per heavy atom. The number of benzene rings is 4. The summed E-state index contributed by atoms with van der Waals surface area (Å²) in [5.74, 6) is 1.13. The summed E-state index contributed by atoms with van der Waals surface area (Å²) in [5.41, 5.74) is 6.59. The van der Waals surface area contributed by atoms with E-state index in [9.17, 15) is 0 Å². The molecule has 2 aromatic heterocycles. The van der Waals surface area contributed by atoms with E-state index in [-0.39, 0.29) is 0 Å². The Bertz CT molecular complexity index is 1450. The van der Waals surface area contributed by atoms with E-state index in [1.54, 1.807) is 0 Å². The fraction of sp³-hybridized carbons (Fsp3) is 0. The molecule has 0 saturated carbocycles. The van der Waals surface area contributed by atoms with Gasteiger partial charge in [-0.2, -0.15) is 0 Å². The second-order valence-corrected chi connectivity index (χ2v) is 8.53. The van der Waals surface area contributed by atoms with Crippen LogP contribution in [0.4, 0.5) is 11.4 Å². The fourth-order valence-corrected chi connectivity index (χ4v) is 4.22. The summed E-state index contributed by atoms with van der Waals surface area (Å²) >= 11 is 9.34. The zero-order valence-corrected chi connectivity index (χ0v) is 19.0. The topological polar surface area (TPSA) is 64.1 Å². The number of nitrogens with zero attached hydrogens (tertiary/aromatic N) is 2. The lowest BCUT2D eigenvalue weighted by atomic mass is 10.1. The van der Waals surface area contributed by atoms with Crippen LogP contribution in [-0.2, 0) is 0 Å². The molecule has 0 amide bonds. The molecule has 33 heavy (non-hydrogen) atoms. The zero-order chi connectivity index (χ0) is 22.4. The quantitative estimate of drug-likeness (QED) is 0.233. The molecule has 0 unspecified atom stereocenters. The smallest absolute Gasteiger partial charge is 0.227 e. The van der Waals surface area contributed by atoms with Crippen molar-refractivity contribution in [3.05, 3.63) is 84.9 Å². The number of hydrogen-bond donors (Lipinski definition) is 3. The van der Waals surface area contributed by atoms with Crippen LogP contribution in [0.15, 0.2) is 104 Å². The minimum atomic E-state index is 0.565. The van der Waals surface area contributed by atoms with Crippen molar-refractivity contribution in [1.29, 1.82) is 0 Å². The summed E-state index contributed by atoms with van der Waals surface area (Å²) < 4.78 is 11.7. The van der Waals surface area contributed by atoms with Crippen molar-refractivity contribution < 1.29 is 8.83 Å². The Labute approximate surface area is 200 Å². The Morgan fingerprint density at radius 2 is 1.03 bits per heavy atom. The molecule has 2 heterocycles. The molecule has 0 saturated heterocycles. The number of rotatable bonds is 4. The summed E-state index contributed by atoms with van der Waals surface area (Å²) in [5, 5.41) is 3.40. The predicted octanol–water partition coefficient (Wildman–Crippen LogP) is 7.62. The second-order valence-electron chi connectivity index (χ2n) is 7.56. The first-order chi connectivity index (χ1) is 16.1. The average Bonchev–Trinajstić information content (AvgIpc) is 3.46. The summed E-state index contributed by atoms with van der Waals surface area (Å²) in [4.78, 5) is 10.7. The molecule has 0 aliphatic carbocycles. The van der Waals surface area contributed by atoms with Gasteiger partial charge >= 0.3 is 0 Å². The number of thiol groups is 2. The van der Waals surface area contributed by atoms with Gasteiger partial charge in [0.2, 0.25) is 11.8 Å².